The van der Waals surface area contributed by atoms with Crippen molar-refractivity contribution in [2.45, 2.75) is 38.2 Å². The SMILES string of the molecule is O=C(O)CC1CCN(CC2CC(c3ccc(C=NNCCc4ccccc4)cc3)=NO2)CC1. The van der Waals surface area contributed by atoms with Gasteiger partial charge < -0.3 is 15.4 Å². The van der Waals surface area contributed by atoms with E-state index in [1.807, 2.05) is 24.4 Å². The summed E-state index contributed by atoms with van der Waals surface area (Å²) < 4.78 is 0. The fraction of sp³-hybridized carbons (Fsp3) is 0.423. The Morgan fingerprint density at radius 1 is 1.15 bits per heavy atom. The van der Waals surface area contributed by atoms with E-state index in [-0.39, 0.29) is 12.5 Å². The molecule has 0 aliphatic carbocycles. The summed E-state index contributed by atoms with van der Waals surface area (Å²) in [6.45, 7) is 3.50. The van der Waals surface area contributed by atoms with Crippen molar-refractivity contribution in [2.24, 2.45) is 16.2 Å². The average Bonchev–Trinajstić information content (AvgIpc) is 3.29. The van der Waals surface area contributed by atoms with Gasteiger partial charge in [0.15, 0.2) is 0 Å². The molecule has 0 bridgehead atoms. The van der Waals surface area contributed by atoms with Crippen LogP contribution in [0.1, 0.15) is 42.4 Å². The molecule has 0 aromatic heterocycles. The lowest BCUT2D eigenvalue weighted by Crippen LogP contribution is -2.39. The van der Waals surface area contributed by atoms with E-state index >= 15 is 0 Å². The lowest BCUT2D eigenvalue weighted by molar-refractivity contribution is -0.138. The number of carboxylic acid groups (broad SMARTS) is 1. The number of nitrogens with zero attached hydrogens (tertiary/aromatic N) is 3. The standard InChI is InChI=1S/C26H32N4O3/c31-26(32)16-21-11-14-30(15-12-21)19-24-17-25(29-33-24)23-8-6-22(7-9-23)18-28-27-13-10-20-4-2-1-3-5-20/h1-9,18,21,24,27H,10-17,19H2,(H,31,32). The smallest absolute Gasteiger partial charge is 0.303 e. The van der Waals surface area contributed by atoms with Gasteiger partial charge in [-0.15, -0.1) is 0 Å². The molecule has 174 valence electrons. The Bertz CT molecular complexity index is 951. The maximum Gasteiger partial charge on any atom is 0.303 e. The Labute approximate surface area is 195 Å². The van der Waals surface area contributed by atoms with Gasteiger partial charge in [0.05, 0.1) is 11.9 Å². The van der Waals surface area contributed by atoms with E-state index in [1.165, 1.54) is 5.56 Å². The molecule has 7 heteroatoms. The van der Waals surface area contributed by atoms with E-state index in [9.17, 15) is 4.79 Å². The second-order valence-electron chi connectivity index (χ2n) is 8.84. The molecule has 2 N–H and O–H groups in total. The van der Waals surface area contributed by atoms with E-state index in [1.54, 1.807) is 0 Å². The normalized spacial score (nSPS) is 19.4. The van der Waals surface area contributed by atoms with Crippen LogP contribution in [0.25, 0.3) is 0 Å². The van der Waals surface area contributed by atoms with Crippen molar-refractivity contribution in [3.05, 3.63) is 71.3 Å². The first kappa shape index (κ1) is 23.0. The number of hydrogen-bond donors (Lipinski definition) is 2. The predicted molar refractivity (Wildman–Crippen MR) is 130 cm³/mol. The van der Waals surface area contributed by atoms with Crippen LogP contribution in [0.3, 0.4) is 0 Å². The topological polar surface area (TPSA) is 86.5 Å². The zero-order chi connectivity index (χ0) is 22.9. The van der Waals surface area contributed by atoms with Gasteiger partial charge in [0.25, 0.3) is 0 Å². The number of aliphatic carboxylic acids is 1. The van der Waals surface area contributed by atoms with Gasteiger partial charge in [-0.3, -0.25) is 9.69 Å². The number of hydrazone groups is 1. The van der Waals surface area contributed by atoms with Crippen molar-refractivity contribution in [2.75, 3.05) is 26.2 Å². The monoisotopic (exact) mass is 448 g/mol. The van der Waals surface area contributed by atoms with E-state index in [2.05, 4.69) is 57.0 Å². The number of oxime groups is 1. The molecule has 0 saturated carbocycles. The van der Waals surface area contributed by atoms with Crippen molar-refractivity contribution < 1.29 is 14.7 Å². The highest BCUT2D eigenvalue weighted by atomic mass is 16.6. The van der Waals surface area contributed by atoms with Crippen molar-refractivity contribution in [1.29, 1.82) is 0 Å². The highest BCUT2D eigenvalue weighted by Gasteiger charge is 2.27. The third kappa shape index (κ3) is 7.15. The van der Waals surface area contributed by atoms with Gasteiger partial charge in [-0.05, 0) is 55.0 Å². The summed E-state index contributed by atoms with van der Waals surface area (Å²) in [5.41, 5.74) is 7.48. The summed E-state index contributed by atoms with van der Waals surface area (Å²) in [4.78, 5) is 18.9. The molecule has 2 aromatic carbocycles. The Morgan fingerprint density at radius 2 is 1.91 bits per heavy atom. The molecule has 0 amide bonds. The first-order valence-corrected chi connectivity index (χ1v) is 11.7. The van der Waals surface area contributed by atoms with Crippen LogP contribution in [-0.2, 0) is 16.1 Å². The van der Waals surface area contributed by atoms with Crippen LogP contribution in [0.15, 0.2) is 64.9 Å². The highest BCUT2D eigenvalue weighted by Crippen LogP contribution is 2.23. The summed E-state index contributed by atoms with van der Waals surface area (Å²) in [6, 6.07) is 18.6. The van der Waals surface area contributed by atoms with Crippen molar-refractivity contribution >= 4 is 17.9 Å². The second-order valence-corrected chi connectivity index (χ2v) is 8.84. The molecule has 4 rings (SSSR count). The zero-order valence-corrected chi connectivity index (χ0v) is 18.9. The third-order valence-electron chi connectivity index (χ3n) is 6.28. The molecular weight excluding hydrogens is 416 g/mol. The summed E-state index contributed by atoms with van der Waals surface area (Å²) in [7, 11) is 0. The zero-order valence-electron chi connectivity index (χ0n) is 18.9. The van der Waals surface area contributed by atoms with Gasteiger partial charge in [0.1, 0.15) is 6.10 Å². The number of hydrogen-bond acceptors (Lipinski definition) is 6. The van der Waals surface area contributed by atoms with Gasteiger partial charge >= 0.3 is 5.97 Å². The lowest BCUT2D eigenvalue weighted by atomic mass is 9.93. The molecule has 7 nitrogen and oxygen atoms in total. The van der Waals surface area contributed by atoms with Gasteiger partial charge in [0.2, 0.25) is 0 Å². The molecule has 2 aromatic rings. The average molecular weight is 449 g/mol. The quantitative estimate of drug-likeness (QED) is 0.330. The molecule has 0 radical (unpaired) electrons. The van der Waals surface area contributed by atoms with Crippen molar-refractivity contribution in [3.63, 3.8) is 0 Å². The summed E-state index contributed by atoms with van der Waals surface area (Å²) >= 11 is 0. The Hall–Kier alpha value is -3.19. The van der Waals surface area contributed by atoms with Crippen LogP contribution in [-0.4, -0.2) is 60.2 Å². The Kier molecular flexibility index (Phi) is 8.09. The maximum atomic E-state index is 10.9. The van der Waals surface area contributed by atoms with Gasteiger partial charge in [-0.2, -0.15) is 5.10 Å². The minimum Gasteiger partial charge on any atom is -0.481 e. The number of carbonyl (C=O) groups is 1. The van der Waals surface area contributed by atoms with Gasteiger partial charge in [-0.1, -0.05) is 59.8 Å². The van der Waals surface area contributed by atoms with Crippen LogP contribution in [0.2, 0.25) is 0 Å². The molecule has 0 spiro atoms. The Balaban J connectivity index is 1.17. The molecule has 1 atom stereocenters. The largest absolute Gasteiger partial charge is 0.481 e. The Morgan fingerprint density at radius 3 is 2.64 bits per heavy atom. The molecular formula is C26H32N4O3. The van der Waals surface area contributed by atoms with Crippen LogP contribution in [0.4, 0.5) is 0 Å². The molecule has 2 aliphatic heterocycles. The molecule has 1 fully saturated rings. The minimum atomic E-state index is -0.692. The fourth-order valence-corrected chi connectivity index (χ4v) is 4.40. The minimum absolute atomic E-state index is 0.0612. The van der Waals surface area contributed by atoms with Crippen LogP contribution < -0.4 is 5.43 Å². The summed E-state index contributed by atoms with van der Waals surface area (Å²) in [5.74, 6) is -0.390. The molecule has 33 heavy (non-hydrogen) atoms. The van der Waals surface area contributed by atoms with Crippen LogP contribution >= 0.6 is 0 Å². The number of piperidine rings is 1. The van der Waals surface area contributed by atoms with Crippen molar-refractivity contribution in [3.8, 4) is 0 Å². The van der Waals surface area contributed by atoms with Gasteiger partial charge in [-0.25, -0.2) is 0 Å². The van der Waals surface area contributed by atoms with E-state index in [0.717, 1.165) is 68.7 Å². The summed E-state index contributed by atoms with van der Waals surface area (Å²) in [6.07, 6.45) is 5.80. The highest BCUT2D eigenvalue weighted by molar-refractivity contribution is 6.01. The molecule has 1 unspecified atom stereocenters. The van der Waals surface area contributed by atoms with Crippen LogP contribution in [0, 0.1) is 5.92 Å². The summed E-state index contributed by atoms with van der Waals surface area (Å²) in [5, 5.41) is 17.6. The van der Waals surface area contributed by atoms with E-state index < -0.39 is 5.97 Å². The lowest BCUT2D eigenvalue weighted by Gasteiger charge is -2.32. The predicted octanol–water partition coefficient (Wildman–Crippen LogP) is 3.53. The number of rotatable bonds is 10. The molecule has 1 saturated heterocycles. The number of nitrogens with one attached hydrogen (secondary N) is 1. The first-order chi connectivity index (χ1) is 16.2. The number of likely N-dealkylation sites (tertiary alicyclic amines) is 1. The molecule has 2 aliphatic rings. The van der Waals surface area contributed by atoms with Gasteiger partial charge in [0, 0.05) is 25.9 Å². The molecule has 2 heterocycles. The second kappa shape index (κ2) is 11.6. The fourth-order valence-electron chi connectivity index (χ4n) is 4.40. The number of carboxylic acids is 1. The van der Waals surface area contributed by atoms with Crippen molar-refractivity contribution in [1.82, 2.24) is 10.3 Å². The van der Waals surface area contributed by atoms with E-state index in [0.29, 0.717) is 5.92 Å². The first-order valence-electron chi connectivity index (χ1n) is 11.7. The third-order valence-corrected chi connectivity index (χ3v) is 6.28. The number of benzene rings is 2. The van der Waals surface area contributed by atoms with E-state index in [4.69, 9.17) is 9.94 Å². The van der Waals surface area contributed by atoms with Crippen LogP contribution in [0.5, 0.6) is 0 Å². The maximum absolute atomic E-state index is 10.9.